The number of rotatable bonds is 3. The molecule has 2 fully saturated rings. The minimum absolute atomic E-state index is 0.107. The van der Waals surface area contributed by atoms with Crippen LogP contribution in [0.1, 0.15) is 50.5 Å². The Kier molecular flexibility index (Phi) is 5.32. The van der Waals surface area contributed by atoms with Gasteiger partial charge in [0.2, 0.25) is 0 Å². The largest absolute Gasteiger partial charge is 0.391 e. The molecule has 0 amide bonds. The minimum atomic E-state index is -0.107. The van der Waals surface area contributed by atoms with Crippen LogP contribution in [0.15, 0.2) is 30.3 Å². The molecule has 2 aliphatic rings. The van der Waals surface area contributed by atoms with Crippen LogP contribution in [-0.2, 0) is 6.42 Å². The molecule has 1 aromatic carbocycles. The monoisotopic (exact) mass is 287 g/mol. The molecular weight excluding hydrogens is 258 g/mol. The van der Waals surface area contributed by atoms with Crippen molar-refractivity contribution in [1.82, 2.24) is 5.32 Å². The molecule has 0 bridgehead atoms. The second kappa shape index (κ2) is 7.42. The van der Waals surface area contributed by atoms with Crippen molar-refractivity contribution in [3.05, 3.63) is 35.9 Å². The Hall–Kier alpha value is -0.860. The summed E-state index contributed by atoms with van der Waals surface area (Å²) in [7, 11) is 0. The molecule has 0 radical (unpaired) electrons. The number of fused-ring (bicyclic) bond motifs is 1. The number of hydrogen-bond acceptors (Lipinski definition) is 2. The lowest BCUT2D eigenvalue weighted by molar-refractivity contribution is 0.0463. The summed E-state index contributed by atoms with van der Waals surface area (Å²) in [6.45, 7) is 1.08. The van der Waals surface area contributed by atoms with E-state index < -0.39 is 0 Å². The number of aliphatic hydroxyl groups excluding tert-OH is 1. The summed E-state index contributed by atoms with van der Waals surface area (Å²) in [4.78, 5) is 0. The van der Waals surface area contributed by atoms with Crippen LogP contribution in [0.5, 0.6) is 0 Å². The highest BCUT2D eigenvalue weighted by Gasteiger charge is 2.33. The van der Waals surface area contributed by atoms with E-state index in [1.807, 2.05) is 0 Å². The van der Waals surface area contributed by atoms with Crippen molar-refractivity contribution in [2.45, 2.75) is 63.5 Å². The SMILES string of the molecule is O[C@H]1CCC[C@H]2CCC(CCc3ccccc3)CCN[C@H]21. The van der Waals surface area contributed by atoms with E-state index >= 15 is 0 Å². The highest BCUT2D eigenvalue weighted by Crippen LogP contribution is 2.33. The highest BCUT2D eigenvalue weighted by molar-refractivity contribution is 5.14. The van der Waals surface area contributed by atoms with E-state index in [0.29, 0.717) is 12.0 Å². The fraction of sp³-hybridized carbons (Fsp3) is 0.684. The predicted octanol–water partition coefficient (Wildman–Crippen LogP) is 3.54. The Morgan fingerprint density at radius 3 is 2.71 bits per heavy atom. The van der Waals surface area contributed by atoms with Crippen LogP contribution in [0.3, 0.4) is 0 Å². The van der Waals surface area contributed by atoms with Crippen LogP contribution in [0.2, 0.25) is 0 Å². The summed E-state index contributed by atoms with van der Waals surface area (Å²) >= 11 is 0. The summed E-state index contributed by atoms with van der Waals surface area (Å²) in [5.41, 5.74) is 1.47. The van der Waals surface area contributed by atoms with Crippen LogP contribution in [0.25, 0.3) is 0 Å². The average molecular weight is 287 g/mol. The van der Waals surface area contributed by atoms with Gasteiger partial charge in [-0.15, -0.1) is 0 Å². The molecule has 2 nitrogen and oxygen atoms in total. The van der Waals surface area contributed by atoms with Gasteiger partial charge in [-0.2, -0.15) is 0 Å². The lowest BCUT2D eigenvalue weighted by Gasteiger charge is -2.39. The molecule has 4 atom stereocenters. The zero-order valence-electron chi connectivity index (χ0n) is 13.0. The molecule has 21 heavy (non-hydrogen) atoms. The smallest absolute Gasteiger partial charge is 0.0695 e. The van der Waals surface area contributed by atoms with Crippen molar-refractivity contribution in [2.24, 2.45) is 11.8 Å². The second-order valence-electron chi connectivity index (χ2n) is 6.99. The van der Waals surface area contributed by atoms with Gasteiger partial charge in [0.1, 0.15) is 0 Å². The summed E-state index contributed by atoms with van der Waals surface area (Å²) in [6.07, 6.45) is 9.84. The maximum atomic E-state index is 10.2. The van der Waals surface area contributed by atoms with E-state index in [-0.39, 0.29) is 6.10 Å². The molecule has 116 valence electrons. The fourth-order valence-corrected chi connectivity index (χ4v) is 4.24. The van der Waals surface area contributed by atoms with Crippen LogP contribution in [0, 0.1) is 11.8 Å². The van der Waals surface area contributed by atoms with Crippen LogP contribution >= 0.6 is 0 Å². The van der Waals surface area contributed by atoms with Crippen LogP contribution < -0.4 is 5.32 Å². The van der Waals surface area contributed by atoms with E-state index in [1.54, 1.807) is 0 Å². The van der Waals surface area contributed by atoms with E-state index in [2.05, 4.69) is 35.6 Å². The normalized spacial score (nSPS) is 33.8. The van der Waals surface area contributed by atoms with Crippen molar-refractivity contribution < 1.29 is 5.11 Å². The van der Waals surface area contributed by atoms with Gasteiger partial charge in [-0.3, -0.25) is 0 Å². The van der Waals surface area contributed by atoms with E-state index in [1.165, 1.54) is 50.5 Å². The Bertz CT molecular complexity index is 419. The van der Waals surface area contributed by atoms with E-state index in [4.69, 9.17) is 0 Å². The Morgan fingerprint density at radius 2 is 1.86 bits per heavy atom. The van der Waals surface area contributed by atoms with Crippen molar-refractivity contribution in [1.29, 1.82) is 0 Å². The molecule has 1 saturated carbocycles. The Labute approximate surface area is 129 Å². The zero-order valence-corrected chi connectivity index (χ0v) is 13.0. The summed E-state index contributed by atoms with van der Waals surface area (Å²) in [6, 6.07) is 11.2. The quantitative estimate of drug-likeness (QED) is 0.891. The van der Waals surface area contributed by atoms with Crippen LogP contribution in [0.4, 0.5) is 0 Å². The highest BCUT2D eigenvalue weighted by atomic mass is 16.3. The van der Waals surface area contributed by atoms with Gasteiger partial charge < -0.3 is 10.4 Å². The van der Waals surface area contributed by atoms with E-state index in [0.717, 1.165) is 18.9 Å². The predicted molar refractivity (Wildman–Crippen MR) is 87.2 cm³/mol. The van der Waals surface area contributed by atoms with Gasteiger partial charge in [-0.1, -0.05) is 43.2 Å². The number of nitrogens with one attached hydrogen (secondary N) is 1. The molecule has 3 rings (SSSR count). The van der Waals surface area contributed by atoms with Crippen LogP contribution in [-0.4, -0.2) is 23.8 Å². The van der Waals surface area contributed by atoms with Gasteiger partial charge in [-0.25, -0.2) is 0 Å². The molecule has 1 saturated heterocycles. The molecule has 1 heterocycles. The van der Waals surface area contributed by atoms with Gasteiger partial charge in [0.25, 0.3) is 0 Å². The second-order valence-corrected chi connectivity index (χ2v) is 6.99. The molecule has 1 aliphatic carbocycles. The van der Waals surface area contributed by atoms with Crippen molar-refractivity contribution >= 4 is 0 Å². The molecule has 1 aliphatic heterocycles. The number of benzene rings is 1. The maximum Gasteiger partial charge on any atom is 0.0695 e. The first-order valence-electron chi connectivity index (χ1n) is 8.78. The first kappa shape index (κ1) is 15.1. The maximum absolute atomic E-state index is 10.2. The molecule has 2 N–H and O–H groups in total. The first-order valence-corrected chi connectivity index (χ1v) is 8.78. The molecule has 2 heteroatoms. The fourth-order valence-electron chi connectivity index (χ4n) is 4.24. The molecule has 0 spiro atoms. The molecular formula is C19H29NO. The number of aliphatic hydroxyl groups is 1. The average Bonchev–Trinajstić information content (AvgIpc) is 2.49. The van der Waals surface area contributed by atoms with Gasteiger partial charge in [0.05, 0.1) is 6.10 Å². The lowest BCUT2D eigenvalue weighted by atomic mass is 9.76. The summed E-state index contributed by atoms with van der Waals surface area (Å²) in [5, 5.41) is 13.8. The summed E-state index contributed by atoms with van der Waals surface area (Å²) in [5.74, 6) is 1.55. The zero-order chi connectivity index (χ0) is 14.5. The standard InChI is InChI=1S/C19H29NO/c21-18-8-4-7-17-12-11-16(13-14-20-19(17)18)10-9-15-5-2-1-3-6-15/h1-3,5-6,16-21H,4,7-14H2/t16?,17-,18-,19+/m0/s1. The van der Waals surface area contributed by atoms with Gasteiger partial charge >= 0.3 is 0 Å². The Morgan fingerprint density at radius 1 is 1.00 bits per heavy atom. The number of aryl methyl sites for hydroxylation is 1. The van der Waals surface area contributed by atoms with Gasteiger partial charge in [-0.05, 0) is 62.5 Å². The molecule has 0 aromatic heterocycles. The minimum Gasteiger partial charge on any atom is -0.391 e. The summed E-state index contributed by atoms with van der Waals surface area (Å²) < 4.78 is 0. The lowest BCUT2D eigenvalue weighted by Crippen LogP contribution is -2.49. The molecule has 1 aromatic rings. The third kappa shape index (κ3) is 4.08. The van der Waals surface area contributed by atoms with Gasteiger partial charge in [0, 0.05) is 6.04 Å². The van der Waals surface area contributed by atoms with Crippen molar-refractivity contribution in [3.8, 4) is 0 Å². The third-order valence-corrected chi connectivity index (χ3v) is 5.56. The van der Waals surface area contributed by atoms with Gasteiger partial charge in [0.15, 0.2) is 0 Å². The van der Waals surface area contributed by atoms with Crippen molar-refractivity contribution in [3.63, 3.8) is 0 Å². The first-order chi connectivity index (χ1) is 10.3. The molecule has 1 unspecified atom stereocenters. The third-order valence-electron chi connectivity index (χ3n) is 5.56. The van der Waals surface area contributed by atoms with Crippen molar-refractivity contribution in [2.75, 3.05) is 6.54 Å². The Balaban J connectivity index is 1.50. The number of hydrogen-bond donors (Lipinski definition) is 2. The topological polar surface area (TPSA) is 32.3 Å². The van der Waals surface area contributed by atoms with E-state index in [9.17, 15) is 5.11 Å².